The summed E-state index contributed by atoms with van der Waals surface area (Å²) in [6.45, 7) is 5.55. The fourth-order valence-electron chi connectivity index (χ4n) is 4.74. The molecular formula is C30H31N7O3S2. The molecule has 2 aromatic carbocycles. The van der Waals surface area contributed by atoms with Gasteiger partial charge in [0, 0.05) is 33.0 Å². The number of ether oxygens (including phenoxy) is 2. The van der Waals surface area contributed by atoms with Crippen LogP contribution >= 0.6 is 22.7 Å². The Bertz CT molecular complexity index is 1650. The van der Waals surface area contributed by atoms with Crippen molar-refractivity contribution < 1.29 is 14.3 Å². The van der Waals surface area contributed by atoms with Gasteiger partial charge in [0.2, 0.25) is 0 Å². The maximum Gasteiger partial charge on any atom is 0.360 e. The molecule has 0 saturated carbocycles. The predicted molar refractivity (Wildman–Crippen MR) is 168 cm³/mol. The zero-order chi connectivity index (χ0) is 29.1. The number of hydrogen-bond acceptors (Lipinski definition) is 12. The molecule has 0 bridgehead atoms. The number of piperidine rings is 1. The van der Waals surface area contributed by atoms with E-state index in [1.807, 2.05) is 79.5 Å². The molecule has 5 aromatic rings. The highest BCUT2D eigenvalue weighted by molar-refractivity contribution is 7.22. The molecule has 0 amide bonds. The molecule has 3 aromatic heterocycles. The molecule has 216 valence electrons. The van der Waals surface area contributed by atoms with Gasteiger partial charge < -0.3 is 24.6 Å². The molecule has 12 heteroatoms. The number of hydrogen-bond donors (Lipinski definition) is 1. The first-order chi connectivity index (χ1) is 20.5. The lowest BCUT2D eigenvalue weighted by atomic mass is 10.1. The van der Waals surface area contributed by atoms with Crippen molar-refractivity contribution in [1.29, 1.82) is 0 Å². The molecule has 0 unspecified atom stereocenters. The van der Waals surface area contributed by atoms with Crippen LogP contribution in [0.3, 0.4) is 0 Å². The van der Waals surface area contributed by atoms with Crippen molar-refractivity contribution in [1.82, 2.24) is 20.2 Å². The number of nitrogens with one attached hydrogen (secondary N) is 1. The van der Waals surface area contributed by atoms with Crippen LogP contribution in [0.5, 0.6) is 5.75 Å². The number of thiazole rings is 2. The summed E-state index contributed by atoms with van der Waals surface area (Å²) in [5, 5.41) is 14.4. The number of para-hydroxylation sites is 2. The van der Waals surface area contributed by atoms with Crippen LogP contribution in [0.4, 0.5) is 26.9 Å². The molecule has 42 heavy (non-hydrogen) atoms. The van der Waals surface area contributed by atoms with Crippen molar-refractivity contribution in [2.75, 3.05) is 41.9 Å². The van der Waals surface area contributed by atoms with E-state index >= 15 is 0 Å². The van der Waals surface area contributed by atoms with Gasteiger partial charge in [-0.15, -0.1) is 10.2 Å². The second-order valence-electron chi connectivity index (χ2n) is 9.89. The zero-order valence-electron chi connectivity index (χ0n) is 23.6. The highest BCUT2D eigenvalue weighted by Gasteiger charge is 2.29. The minimum atomic E-state index is -0.427. The van der Waals surface area contributed by atoms with Gasteiger partial charge in [0.05, 0.1) is 16.8 Å². The maximum atomic E-state index is 12.9. The van der Waals surface area contributed by atoms with Crippen molar-refractivity contribution in [3.8, 4) is 5.75 Å². The number of carbonyl (C=O) groups excluding carboxylic acids is 1. The Kier molecular flexibility index (Phi) is 8.15. The summed E-state index contributed by atoms with van der Waals surface area (Å²) >= 11 is 3.02. The lowest BCUT2D eigenvalue weighted by Crippen LogP contribution is -2.38. The second kappa shape index (κ2) is 12.3. The van der Waals surface area contributed by atoms with Gasteiger partial charge in [0.15, 0.2) is 27.6 Å². The average molecular weight is 602 g/mol. The van der Waals surface area contributed by atoms with Crippen LogP contribution in [-0.4, -0.2) is 59.0 Å². The van der Waals surface area contributed by atoms with Crippen molar-refractivity contribution in [2.45, 2.75) is 32.8 Å². The minimum Gasteiger partial charge on any atom is -0.490 e. The van der Waals surface area contributed by atoms with Gasteiger partial charge >= 0.3 is 5.97 Å². The molecule has 0 aliphatic carbocycles. The van der Waals surface area contributed by atoms with Crippen molar-refractivity contribution in [3.63, 3.8) is 0 Å². The summed E-state index contributed by atoms with van der Waals surface area (Å²) < 4.78 is 12.6. The van der Waals surface area contributed by atoms with Crippen molar-refractivity contribution in [2.24, 2.45) is 0 Å². The molecule has 0 atom stereocenters. The number of carbonyl (C=O) groups is 1. The van der Waals surface area contributed by atoms with Crippen LogP contribution in [-0.2, 0) is 4.74 Å². The Hall–Kier alpha value is -4.29. The molecule has 1 fully saturated rings. The monoisotopic (exact) mass is 601 g/mol. The van der Waals surface area contributed by atoms with Gasteiger partial charge in [-0.05, 0) is 49.7 Å². The molecule has 10 nitrogen and oxygen atoms in total. The first-order valence-corrected chi connectivity index (χ1v) is 15.5. The van der Waals surface area contributed by atoms with E-state index in [-0.39, 0.29) is 12.7 Å². The average Bonchev–Trinajstić information content (AvgIpc) is 3.64. The molecule has 4 heterocycles. The van der Waals surface area contributed by atoms with E-state index in [0.717, 1.165) is 57.6 Å². The number of aromatic nitrogens is 4. The molecular weight excluding hydrogens is 571 g/mol. The summed E-state index contributed by atoms with van der Waals surface area (Å²) in [7, 11) is 1.88. The van der Waals surface area contributed by atoms with E-state index in [0.29, 0.717) is 22.5 Å². The Morgan fingerprint density at radius 2 is 1.81 bits per heavy atom. The van der Waals surface area contributed by atoms with Gasteiger partial charge in [0.1, 0.15) is 16.9 Å². The van der Waals surface area contributed by atoms with Crippen LogP contribution in [0.1, 0.15) is 35.8 Å². The quantitative estimate of drug-likeness (QED) is 0.186. The number of fused-ring (bicyclic) bond motifs is 1. The third kappa shape index (κ3) is 6.00. The van der Waals surface area contributed by atoms with Gasteiger partial charge in [-0.3, -0.25) is 0 Å². The molecule has 0 spiro atoms. The fraction of sp³-hybridized carbons (Fsp3) is 0.300. The van der Waals surface area contributed by atoms with E-state index in [4.69, 9.17) is 14.5 Å². The summed E-state index contributed by atoms with van der Waals surface area (Å²) in [4.78, 5) is 26.3. The molecule has 0 radical (unpaired) electrons. The third-order valence-electron chi connectivity index (χ3n) is 6.96. The largest absolute Gasteiger partial charge is 0.490 e. The van der Waals surface area contributed by atoms with Gasteiger partial charge in [-0.1, -0.05) is 53.0 Å². The summed E-state index contributed by atoms with van der Waals surface area (Å²) in [5.74, 6) is 1.71. The van der Waals surface area contributed by atoms with E-state index < -0.39 is 5.97 Å². The summed E-state index contributed by atoms with van der Waals surface area (Å²) in [6, 6.07) is 19.8. The first-order valence-electron chi connectivity index (χ1n) is 13.8. The predicted octanol–water partition coefficient (Wildman–Crippen LogP) is 6.59. The summed E-state index contributed by atoms with van der Waals surface area (Å²) in [6.07, 6.45) is 1.81. The lowest BCUT2D eigenvalue weighted by Gasteiger charge is -2.32. The smallest absolute Gasteiger partial charge is 0.360 e. The van der Waals surface area contributed by atoms with Crippen molar-refractivity contribution in [3.05, 3.63) is 71.9 Å². The molecule has 1 saturated heterocycles. The van der Waals surface area contributed by atoms with Gasteiger partial charge in [0.25, 0.3) is 0 Å². The second-order valence-corrected chi connectivity index (χ2v) is 11.9. The van der Waals surface area contributed by atoms with Crippen LogP contribution in [0, 0.1) is 6.92 Å². The number of anilines is 5. The Morgan fingerprint density at radius 3 is 2.55 bits per heavy atom. The Labute approximate surface area is 252 Å². The molecule has 1 aliphatic rings. The van der Waals surface area contributed by atoms with Crippen LogP contribution < -0.4 is 19.9 Å². The minimum absolute atomic E-state index is 0.123. The standard InChI is InChI=1S/C30H31N7O3S2/c1-4-39-28(38)25-27(37-16-14-21(15-17-37)40-20-10-6-5-7-11-20)42-30(32-25)36(3)24-18-19(2)26(35-34-24)33-29-31-22-12-8-9-13-23(22)41-29/h5-13,18,21H,4,14-17H2,1-3H3,(H,31,33,35). The Morgan fingerprint density at radius 1 is 1.05 bits per heavy atom. The van der Waals surface area contributed by atoms with Gasteiger partial charge in [-0.25, -0.2) is 14.8 Å². The number of esters is 1. The van der Waals surface area contributed by atoms with Crippen molar-refractivity contribution >= 4 is 65.8 Å². The lowest BCUT2D eigenvalue weighted by molar-refractivity contribution is 0.0521. The fourth-order valence-corrected chi connectivity index (χ4v) is 6.69. The SMILES string of the molecule is CCOC(=O)c1nc(N(C)c2cc(C)c(Nc3nc4ccccc4s3)nn2)sc1N1CCC(Oc2ccccc2)CC1. The van der Waals surface area contributed by atoms with Crippen LogP contribution in [0.2, 0.25) is 0 Å². The number of benzene rings is 2. The number of nitrogens with zero attached hydrogens (tertiary/aromatic N) is 6. The van der Waals surface area contributed by atoms with Gasteiger partial charge in [-0.2, -0.15) is 0 Å². The van der Waals surface area contributed by atoms with E-state index in [1.54, 1.807) is 18.3 Å². The number of rotatable bonds is 9. The molecule has 1 N–H and O–H groups in total. The normalized spacial score (nSPS) is 13.7. The molecule has 6 rings (SSSR count). The Balaban J connectivity index is 1.19. The molecule has 1 aliphatic heterocycles. The first kappa shape index (κ1) is 27.9. The topological polar surface area (TPSA) is 106 Å². The van der Waals surface area contributed by atoms with E-state index in [1.165, 1.54) is 11.3 Å². The van der Waals surface area contributed by atoms with Crippen LogP contribution in [0.15, 0.2) is 60.7 Å². The maximum absolute atomic E-state index is 12.9. The van der Waals surface area contributed by atoms with E-state index in [2.05, 4.69) is 25.4 Å². The highest BCUT2D eigenvalue weighted by Crippen LogP contribution is 2.38. The summed E-state index contributed by atoms with van der Waals surface area (Å²) in [5.41, 5.74) is 2.18. The highest BCUT2D eigenvalue weighted by atomic mass is 32.1. The zero-order valence-corrected chi connectivity index (χ0v) is 25.2. The third-order valence-corrected chi connectivity index (χ3v) is 9.11. The van der Waals surface area contributed by atoms with Crippen LogP contribution in [0.25, 0.3) is 10.2 Å². The number of aryl methyl sites for hydroxylation is 1. The van der Waals surface area contributed by atoms with E-state index in [9.17, 15) is 4.79 Å².